The maximum absolute atomic E-state index is 13.1. The van der Waals surface area contributed by atoms with Crippen molar-refractivity contribution in [3.63, 3.8) is 0 Å². The first-order valence-electron chi connectivity index (χ1n) is 8.77. The number of carbonyl (C=O) groups is 1. The van der Waals surface area contributed by atoms with Crippen molar-refractivity contribution in [1.82, 2.24) is 15.2 Å². The van der Waals surface area contributed by atoms with Crippen LogP contribution in [0.3, 0.4) is 0 Å². The fourth-order valence-electron chi connectivity index (χ4n) is 3.78. The highest BCUT2D eigenvalue weighted by Crippen LogP contribution is 2.28. The van der Waals surface area contributed by atoms with Crippen LogP contribution in [0.4, 0.5) is 0 Å². The number of hydrogen-bond acceptors (Lipinski definition) is 3. The van der Waals surface area contributed by atoms with Crippen LogP contribution < -0.4 is 5.32 Å². The molecule has 1 unspecified atom stereocenters. The highest BCUT2D eigenvalue weighted by molar-refractivity contribution is 5.79. The van der Waals surface area contributed by atoms with Gasteiger partial charge in [0.1, 0.15) is 0 Å². The molecule has 120 valence electrons. The van der Waals surface area contributed by atoms with Gasteiger partial charge in [0.05, 0.1) is 6.04 Å². The fraction of sp³-hybridized carbons (Fsp3) is 0.667. The minimum absolute atomic E-state index is 0.139. The largest absolute Gasteiger partial charge is 0.333 e. The van der Waals surface area contributed by atoms with Crippen molar-refractivity contribution in [3.05, 3.63) is 30.1 Å². The molecule has 3 rings (SSSR count). The summed E-state index contributed by atoms with van der Waals surface area (Å²) in [6, 6.07) is 4.19. The SMILES string of the molecule is O=C(C1CCCCCCC1)N1CCNCC1c1cccnc1. The highest BCUT2D eigenvalue weighted by Gasteiger charge is 2.32. The van der Waals surface area contributed by atoms with E-state index in [1.54, 1.807) is 6.20 Å². The summed E-state index contributed by atoms with van der Waals surface area (Å²) < 4.78 is 0. The Balaban J connectivity index is 1.73. The lowest BCUT2D eigenvalue weighted by molar-refractivity contribution is -0.139. The molecule has 0 bridgehead atoms. The monoisotopic (exact) mass is 301 g/mol. The van der Waals surface area contributed by atoms with E-state index in [0.29, 0.717) is 5.91 Å². The molecule has 1 aliphatic carbocycles. The number of nitrogens with one attached hydrogen (secondary N) is 1. The molecular weight excluding hydrogens is 274 g/mol. The van der Waals surface area contributed by atoms with Crippen LogP contribution in [0, 0.1) is 5.92 Å². The molecule has 1 saturated carbocycles. The summed E-state index contributed by atoms with van der Waals surface area (Å²) in [5.74, 6) is 0.606. The minimum Gasteiger partial charge on any atom is -0.333 e. The van der Waals surface area contributed by atoms with Crippen LogP contribution in [0.15, 0.2) is 24.5 Å². The first-order valence-corrected chi connectivity index (χ1v) is 8.77. The van der Waals surface area contributed by atoms with Crippen molar-refractivity contribution in [2.24, 2.45) is 5.92 Å². The summed E-state index contributed by atoms with van der Waals surface area (Å²) in [4.78, 5) is 19.4. The third kappa shape index (κ3) is 3.67. The van der Waals surface area contributed by atoms with Gasteiger partial charge in [-0.15, -0.1) is 0 Å². The Bertz CT molecular complexity index is 468. The van der Waals surface area contributed by atoms with E-state index in [1.165, 1.54) is 32.1 Å². The van der Waals surface area contributed by atoms with E-state index >= 15 is 0 Å². The predicted octanol–water partition coefficient (Wildman–Crippen LogP) is 2.92. The first kappa shape index (κ1) is 15.5. The van der Waals surface area contributed by atoms with Crippen LogP contribution in [0.2, 0.25) is 0 Å². The predicted molar refractivity (Wildman–Crippen MR) is 87.4 cm³/mol. The van der Waals surface area contributed by atoms with Crippen molar-refractivity contribution < 1.29 is 4.79 Å². The lowest BCUT2D eigenvalue weighted by atomic mass is 9.89. The van der Waals surface area contributed by atoms with E-state index in [0.717, 1.165) is 38.0 Å². The molecule has 0 aromatic carbocycles. The topological polar surface area (TPSA) is 45.2 Å². The van der Waals surface area contributed by atoms with Gasteiger partial charge in [-0.2, -0.15) is 0 Å². The summed E-state index contributed by atoms with van der Waals surface area (Å²) in [7, 11) is 0. The van der Waals surface area contributed by atoms with Gasteiger partial charge in [0, 0.05) is 37.9 Å². The minimum atomic E-state index is 0.139. The third-order valence-corrected chi connectivity index (χ3v) is 5.05. The lowest BCUT2D eigenvalue weighted by Crippen LogP contribution is -2.50. The van der Waals surface area contributed by atoms with Gasteiger partial charge in [-0.3, -0.25) is 9.78 Å². The first-order chi connectivity index (χ1) is 10.9. The number of nitrogens with zero attached hydrogens (tertiary/aromatic N) is 2. The molecule has 2 aliphatic rings. The maximum atomic E-state index is 13.1. The van der Waals surface area contributed by atoms with Crippen LogP contribution >= 0.6 is 0 Å². The molecule has 0 radical (unpaired) electrons. The zero-order valence-electron chi connectivity index (χ0n) is 13.3. The average molecular weight is 301 g/mol. The molecule has 4 nitrogen and oxygen atoms in total. The summed E-state index contributed by atoms with van der Waals surface area (Å²) in [6.07, 6.45) is 12.2. The van der Waals surface area contributed by atoms with Gasteiger partial charge in [0.15, 0.2) is 0 Å². The van der Waals surface area contributed by atoms with E-state index in [2.05, 4.69) is 21.3 Å². The number of rotatable bonds is 2. The Morgan fingerprint density at radius 3 is 2.68 bits per heavy atom. The molecule has 1 aromatic heterocycles. The molecule has 1 saturated heterocycles. The molecule has 1 aromatic rings. The van der Waals surface area contributed by atoms with Gasteiger partial charge in [-0.1, -0.05) is 38.2 Å². The van der Waals surface area contributed by atoms with Crippen LogP contribution in [0.5, 0.6) is 0 Å². The van der Waals surface area contributed by atoms with Crippen molar-refractivity contribution in [2.45, 2.75) is 51.0 Å². The summed E-state index contributed by atoms with van der Waals surface area (Å²) in [5, 5.41) is 3.42. The van der Waals surface area contributed by atoms with E-state index in [-0.39, 0.29) is 12.0 Å². The number of piperazine rings is 1. The number of hydrogen-bond donors (Lipinski definition) is 1. The van der Waals surface area contributed by atoms with E-state index in [9.17, 15) is 4.79 Å². The van der Waals surface area contributed by atoms with E-state index < -0.39 is 0 Å². The van der Waals surface area contributed by atoms with E-state index in [4.69, 9.17) is 0 Å². The Labute approximate surface area is 133 Å². The van der Waals surface area contributed by atoms with Crippen LogP contribution in [-0.4, -0.2) is 35.4 Å². The molecular formula is C18H27N3O. The Morgan fingerprint density at radius 1 is 1.18 bits per heavy atom. The molecule has 1 amide bonds. The second-order valence-corrected chi connectivity index (χ2v) is 6.58. The summed E-state index contributed by atoms with van der Waals surface area (Å²) in [6.45, 7) is 2.55. The summed E-state index contributed by atoms with van der Waals surface area (Å²) >= 11 is 0. The van der Waals surface area contributed by atoms with Gasteiger partial charge >= 0.3 is 0 Å². The molecule has 1 N–H and O–H groups in total. The second-order valence-electron chi connectivity index (χ2n) is 6.58. The van der Waals surface area contributed by atoms with Crippen LogP contribution in [-0.2, 0) is 4.79 Å². The Hall–Kier alpha value is -1.42. The number of pyridine rings is 1. The maximum Gasteiger partial charge on any atom is 0.226 e. The molecule has 22 heavy (non-hydrogen) atoms. The van der Waals surface area contributed by atoms with Gasteiger partial charge in [-0.05, 0) is 24.5 Å². The van der Waals surface area contributed by atoms with Gasteiger partial charge < -0.3 is 10.2 Å². The van der Waals surface area contributed by atoms with Crippen LogP contribution in [0.25, 0.3) is 0 Å². The average Bonchev–Trinajstić information content (AvgIpc) is 2.55. The number of carbonyl (C=O) groups excluding carboxylic acids is 1. The van der Waals surface area contributed by atoms with Crippen LogP contribution in [0.1, 0.15) is 56.6 Å². The normalized spacial score (nSPS) is 24.5. The van der Waals surface area contributed by atoms with E-state index in [1.807, 2.05) is 12.3 Å². The standard InChI is InChI=1S/C18H27N3O/c22-18(15-7-4-2-1-3-5-8-15)21-12-11-20-14-17(21)16-9-6-10-19-13-16/h6,9-10,13,15,17,20H,1-5,7-8,11-12,14H2. The Kier molecular flexibility index (Phi) is 5.43. The number of aromatic nitrogens is 1. The second kappa shape index (κ2) is 7.73. The molecule has 2 heterocycles. The molecule has 1 atom stereocenters. The third-order valence-electron chi connectivity index (χ3n) is 5.05. The zero-order valence-corrected chi connectivity index (χ0v) is 13.3. The van der Waals surface area contributed by atoms with Crippen molar-refractivity contribution in [1.29, 1.82) is 0 Å². The summed E-state index contributed by atoms with van der Waals surface area (Å²) in [5.41, 5.74) is 1.15. The molecule has 2 fully saturated rings. The smallest absolute Gasteiger partial charge is 0.226 e. The highest BCUT2D eigenvalue weighted by atomic mass is 16.2. The number of amides is 1. The molecule has 1 aliphatic heterocycles. The van der Waals surface area contributed by atoms with Crippen molar-refractivity contribution in [3.8, 4) is 0 Å². The van der Waals surface area contributed by atoms with Crippen molar-refractivity contribution in [2.75, 3.05) is 19.6 Å². The zero-order chi connectivity index (χ0) is 15.2. The van der Waals surface area contributed by atoms with Crippen molar-refractivity contribution >= 4 is 5.91 Å². The van der Waals surface area contributed by atoms with Gasteiger partial charge in [-0.25, -0.2) is 0 Å². The van der Waals surface area contributed by atoms with Gasteiger partial charge in [0.25, 0.3) is 0 Å². The Morgan fingerprint density at radius 2 is 1.95 bits per heavy atom. The molecule has 4 heteroatoms. The fourth-order valence-corrected chi connectivity index (χ4v) is 3.78. The lowest BCUT2D eigenvalue weighted by Gasteiger charge is -2.38. The molecule has 0 spiro atoms. The quantitative estimate of drug-likeness (QED) is 0.913. The van der Waals surface area contributed by atoms with Gasteiger partial charge in [0.2, 0.25) is 5.91 Å².